The summed E-state index contributed by atoms with van der Waals surface area (Å²) in [6.45, 7) is -0.217. The van der Waals surface area contributed by atoms with Crippen molar-refractivity contribution >= 4 is 23.5 Å². The molecule has 1 aliphatic rings. The number of benzene rings is 1. The van der Waals surface area contributed by atoms with Crippen LogP contribution in [0.25, 0.3) is 0 Å². The van der Waals surface area contributed by atoms with Gasteiger partial charge in [0.05, 0.1) is 24.3 Å². The Bertz CT molecular complexity index is 878. The number of carbonyl (C=O) groups excluding carboxylic acids is 3. The molecular formula is C19H17F3N2O5. The molecule has 0 spiro atoms. The first kappa shape index (κ1) is 20.4. The van der Waals surface area contributed by atoms with Gasteiger partial charge in [0.2, 0.25) is 5.91 Å². The summed E-state index contributed by atoms with van der Waals surface area (Å²) in [5.74, 6) is -1.73. The van der Waals surface area contributed by atoms with Crippen LogP contribution in [0.15, 0.2) is 47.1 Å². The second-order valence-electron chi connectivity index (χ2n) is 6.49. The number of halogens is 3. The lowest BCUT2D eigenvalue weighted by Gasteiger charge is -2.14. The SMILES string of the molecule is O=C(COC(=O)[C@@H]1CC(=O)N(Cc2ccco2)C1)Nc1ccc(C(F)(F)F)cc1. The molecule has 1 atom stereocenters. The van der Waals surface area contributed by atoms with E-state index in [2.05, 4.69) is 5.32 Å². The van der Waals surface area contributed by atoms with E-state index >= 15 is 0 Å². The Morgan fingerprint density at radius 3 is 2.55 bits per heavy atom. The Kier molecular flexibility index (Phi) is 5.90. The van der Waals surface area contributed by atoms with Gasteiger partial charge in [-0.3, -0.25) is 14.4 Å². The van der Waals surface area contributed by atoms with Crippen LogP contribution in [0, 0.1) is 5.92 Å². The zero-order valence-corrected chi connectivity index (χ0v) is 15.1. The molecular weight excluding hydrogens is 393 g/mol. The minimum atomic E-state index is -4.47. The molecule has 0 bridgehead atoms. The monoisotopic (exact) mass is 410 g/mol. The van der Waals surface area contributed by atoms with Gasteiger partial charge in [-0.1, -0.05) is 0 Å². The fraction of sp³-hybridized carbons (Fsp3) is 0.316. The summed E-state index contributed by atoms with van der Waals surface area (Å²) < 4.78 is 47.7. The van der Waals surface area contributed by atoms with Crippen molar-refractivity contribution in [2.24, 2.45) is 5.92 Å². The third kappa shape index (κ3) is 5.37. The van der Waals surface area contributed by atoms with E-state index in [9.17, 15) is 27.6 Å². The lowest BCUT2D eigenvalue weighted by atomic mass is 10.1. The average Bonchev–Trinajstić information content (AvgIpc) is 3.30. The number of furan rings is 1. The third-order valence-corrected chi connectivity index (χ3v) is 4.32. The van der Waals surface area contributed by atoms with Crippen molar-refractivity contribution in [3.63, 3.8) is 0 Å². The van der Waals surface area contributed by atoms with Crippen molar-refractivity contribution in [3.05, 3.63) is 54.0 Å². The van der Waals surface area contributed by atoms with Crippen LogP contribution in [0.5, 0.6) is 0 Å². The highest BCUT2D eigenvalue weighted by molar-refractivity contribution is 5.93. The van der Waals surface area contributed by atoms with Crippen LogP contribution in [0.2, 0.25) is 0 Å². The van der Waals surface area contributed by atoms with Crippen molar-refractivity contribution in [1.29, 1.82) is 0 Å². The molecule has 0 radical (unpaired) electrons. The van der Waals surface area contributed by atoms with Gasteiger partial charge in [-0.2, -0.15) is 13.2 Å². The van der Waals surface area contributed by atoms with E-state index in [1.54, 1.807) is 12.1 Å². The van der Waals surface area contributed by atoms with Crippen LogP contribution >= 0.6 is 0 Å². The molecule has 1 aliphatic heterocycles. The molecule has 2 heterocycles. The zero-order chi connectivity index (χ0) is 21.0. The molecule has 2 aromatic rings. The molecule has 29 heavy (non-hydrogen) atoms. The van der Waals surface area contributed by atoms with Gasteiger partial charge in [0, 0.05) is 18.7 Å². The number of anilines is 1. The molecule has 154 valence electrons. The van der Waals surface area contributed by atoms with Gasteiger partial charge in [-0.15, -0.1) is 0 Å². The second-order valence-corrected chi connectivity index (χ2v) is 6.49. The maximum Gasteiger partial charge on any atom is 0.416 e. The number of nitrogens with one attached hydrogen (secondary N) is 1. The largest absolute Gasteiger partial charge is 0.467 e. The van der Waals surface area contributed by atoms with Crippen molar-refractivity contribution < 1.29 is 36.7 Å². The number of likely N-dealkylation sites (tertiary alicyclic amines) is 1. The van der Waals surface area contributed by atoms with Gasteiger partial charge < -0.3 is 19.4 Å². The van der Waals surface area contributed by atoms with Crippen LogP contribution in [0.1, 0.15) is 17.7 Å². The molecule has 0 saturated carbocycles. The predicted octanol–water partition coefficient (Wildman–Crippen LogP) is 2.83. The molecule has 1 saturated heterocycles. The number of nitrogens with zero attached hydrogens (tertiary/aromatic N) is 1. The predicted molar refractivity (Wildman–Crippen MR) is 93.3 cm³/mol. The van der Waals surface area contributed by atoms with E-state index in [-0.39, 0.29) is 31.1 Å². The van der Waals surface area contributed by atoms with Crippen LogP contribution in [-0.4, -0.2) is 35.8 Å². The summed E-state index contributed by atoms with van der Waals surface area (Å²) in [5.41, 5.74) is -0.702. The lowest BCUT2D eigenvalue weighted by Crippen LogP contribution is -2.28. The van der Waals surface area contributed by atoms with Crippen molar-refractivity contribution in [1.82, 2.24) is 4.90 Å². The van der Waals surface area contributed by atoms with Crippen LogP contribution in [-0.2, 0) is 31.8 Å². The average molecular weight is 410 g/mol. The van der Waals surface area contributed by atoms with Gasteiger partial charge in [0.15, 0.2) is 6.61 Å². The Hall–Kier alpha value is -3.30. The first-order valence-electron chi connectivity index (χ1n) is 8.66. The highest BCUT2D eigenvalue weighted by Crippen LogP contribution is 2.29. The molecule has 1 fully saturated rings. The maximum atomic E-state index is 12.5. The molecule has 0 aliphatic carbocycles. The van der Waals surface area contributed by atoms with Crippen molar-refractivity contribution in [2.75, 3.05) is 18.5 Å². The fourth-order valence-corrected chi connectivity index (χ4v) is 2.87. The van der Waals surface area contributed by atoms with Gasteiger partial charge in [0.1, 0.15) is 5.76 Å². The Balaban J connectivity index is 1.45. The number of esters is 1. The van der Waals surface area contributed by atoms with E-state index < -0.39 is 36.1 Å². The van der Waals surface area contributed by atoms with E-state index in [0.29, 0.717) is 5.76 Å². The topological polar surface area (TPSA) is 88.9 Å². The van der Waals surface area contributed by atoms with Gasteiger partial charge in [-0.05, 0) is 36.4 Å². The maximum absolute atomic E-state index is 12.5. The minimum absolute atomic E-state index is 0.0277. The summed E-state index contributed by atoms with van der Waals surface area (Å²) in [6, 6.07) is 7.27. The molecule has 3 rings (SSSR count). The standard InChI is InChI=1S/C19H17F3N2O5/c20-19(21,22)13-3-5-14(6-4-13)23-16(25)11-29-18(27)12-8-17(26)24(9-12)10-15-2-1-7-28-15/h1-7,12H,8-11H2,(H,23,25)/t12-/m1/s1. The second kappa shape index (κ2) is 8.38. The highest BCUT2D eigenvalue weighted by Gasteiger charge is 2.36. The van der Waals surface area contributed by atoms with Crippen LogP contribution in [0.4, 0.5) is 18.9 Å². The van der Waals surface area contributed by atoms with E-state index in [1.165, 1.54) is 11.2 Å². The Labute approximate surface area is 163 Å². The summed E-state index contributed by atoms with van der Waals surface area (Å²) >= 11 is 0. The van der Waals surface area contributed by atoms with Crippen molar-refractivity contribution in [2.45, 2.75) is 19.1 Å². The van der Waals surface area contributed by atoms with E-state index in [4.69, 9.17) is 9.15 Å². The highest BCUT2D eigenvalue weighted by atomic mass is 19.4. The van der Waals surface area contributed by atoms with Crippen LogP contribution in [0.3, 0.4) is 0 Å². The van der Waals surface area contributed by atoms with E-state index in [1.807, 2.05) is 0 Å². The molecule has 1 N–H and O–H groups in total. The Morgan fingerprint density at radius 2 is 1.93 bits per heavy atom. The van der Waals surface area contributed by atoms with Gasteiger partial charge in [-0.25, -0.2) is 0 Å². The number of alkyl halides is 3. The molecule has 0 unspecified atom stereocenters. The minimum Gasteiger partial charge on any atom is -0.467 e. The number of ether oxygens (including phenoxy) is 1. The summed E-state index contributed by atoms with van der Waals surface area (Å²) in [5, 5.41) is 2.34. The van der Waals surface area contributed by atoms with Crippen LogP contribution < -0.4 is 5.32 Å². The summed E-state index contributed by atoms with van der Waals surface area (Å²) in [6.07, 6.45) is -3.02. The first-order valence-corrected chi connectivity index (χ1v) is 8.66. The molecule has 2 amide bonds. The molecule has 1 aromatic heterocycles. The Morgan fingerprint density at radius 1 is 1.21 bits per heavy atom. The van der Waals surface area contributed by atoms with Gasteiger partial charge in [0.25, 0.3) is 5.91 Å². The smallest absolute Gasteiger partial charge is 0.416 e. The number of hydrogen-bond acceptors (Lipinski definition) is 5. The molecule has 7 nitrogen and oxygen atoms in total. The molecule has 10 heteroatoms. The number of rotatable bonds is 6. The number of amides is 2. The fourth-order valence-electron chi connectivity index (χ4n) is 2.87. The third-order valence-electron chi connectivity index (χ3n) is 4.32. The summed E-state index contributed by atoms with van der Waals surface area (Å²) in [7, 11) is 0. The first-order chi connectivity index (χ1) is 13.7. The quantitative estimate of drug-likeness (QED) is 0.740. The zero-order valence-electron chi connectivity index (χ0n) is 15.1. The summed E-state index contributed by atoms with van der Waals surface area (Å²) in [4.78, 5) is 37.4. The normalized spacial score (nSPS) is 16.7. The van der Waals surface area contributed by atoms with E-state index in [0.717, 1.165) is 24.3 Å². The number of hydrogen-bond donors (Lipinski definition) is 1. The molecule has 1 aromatic carbocycles. The van der Waals surface area contributed by atoms with Gasteiger partial charge >= 0.3 is 12.1 Å². The van der Waals surface area contributed by atoms with Crippen molar-refractivity contribution in [3.8, 4) is 0 Å². The number of carbonyl (C=O) groups is 3. The lowest BCUT2D eigenvalue weighted by molar-refractivity contribution is -0.151.